The molecule has 0 fully saturated rings. The van der Waals surface area contributed by atoms with Crippen LogP contribution in [0.5, 0.6) is 0 Å². The fourth-order valence-corrected chi connectivity index (χ4v) is 3.75. The molecule has 134 valence electrons. The molecule has 0 atom stereocenters. The Kier molecular flexibility index (Phi) is 6.23. The van der Waals surface area contributed by atoms with Gasteiger partial charge in [-0.2, -0.15) is 13.2 Å². The summed E-state index contributed by atoms with van der Waals surface area (Å²) in [7, 11) is 1.22. The quantitative estimate of drug-likeness (QED) is 0.613. The average molecular weight is 389 g/mol. The molecule has 1 N–H and O–H groups in total. The van der Waals surface area contributed by atoms with Gasteiger partial charge in [0.15, 0.2) is 0 Å². The fourth-order valence-electron chi connectivity index (χ4n) is 2.08. The molecular weight excluding hydrogens is 375 g/mol. The molecule has 9 heteroatoms. The second kappa shape index (κ2) is 8.01. The van der Waals surface area contributed by atoms with Crippen molar-refractivity contribution in [1.29, 1.82) is 0 Å². The lowest BCUT2D eigenvalue weighted by molar-refractivity contribution is -0.139. The number of ether oxygens (including phenoxy) is 1. The number of Topliss-reactive ketones (excluding diaryl/α,β-unsaturated/α-hetero) is 1. The molecule has 2 rings (SSSR count). The Bertz CT molecular complexity index is 757. The molecule has 25 heavy (non-hydrogen) atoms. The van der Waals surface area contributed by atoms with Gasteiger partial charge in [-0.3, -0.25) is 9.59 Å². The largest absolute Gasteiger partial charge is 0.468 e. The van der Waals surface area contributed by atoms with Crippen molar-refractivity contribution in [2.24, 2.45) is 0 Å². The van der Waals surface area contributed by atoms with Gasteiger partial charge in [0.1, 0.15) is 6.54 Å². The molecule has 0 bridgehead atoms. The molecular formula is C16H14F3NO3S2. The fraction of sp³-hybridized carbons (Fsp3) is 0.250. The van der Waals surface area contributed by atoms with Gasteiger partial charge in [-0.05, 0) is 29.4 Å². The van der Waals surface area contributed by atoms with Crippen molar-refractivity contribution >= 4 is 40.8 Å². The van der Waals surface area contributed by atoms with Gasteiger partial charge >= 0.3 is 12.1 Å². The smallest absolute Gasteiger partial charge is 0.416 e. The third-order valence-electron chi connectivity index (χ3n) is 3.21. The Hall–Kier alpha value is -1.87. The van der Waals surface area contributed by atoms with Gasteiger partial charge < -0.3 is 10.1 Å². The maximum Gasteiger partial charge on any atom is 0.416 e. The predicted molar refractivity (Wildman–Crippen MR) is 92.6 cm³/mol. The first-order valence-corrected chi connectivity index (χ1v) is 9.06. The third-order valence-corrected chi connectivity index (χ3v) is 4.91. The number of ketones is 1. The zero-order valence-electron chi connectivity index (χ0n) is 13.3. The topological polar surface area (TPSA) is 55.4 Å². The minimum Gasteiger partial charge on any atom is -0.468 e. The molecule has 0 aromatic heterocycles. The van der Waals surface area contributed by atoms with Gasteiger partial charge in [0.05, 0.1) is 28.2 Å². The molecule has 1 aromatic rings. The van der Waals surface area contributed by atoms with Crippen LogP contribution in [-0.2, 0) is 20.5 Å². The highest BCUT2D eigenvalue weighted by molar-refractivity contribution is 8.10. The summed E-state index contributed by atoms with van der Waals surface area (Å²) in [6.45, 7) is -0.193. The van der Waals surface area contributed by atoms with Gasteiger partial charge in [0, 0.05) is 0 Å². The van der Waals surface area contributed by atoms with Crippen molar-refractivity contribution in [3.63, 3.8) is 0 Å². The molecule has 1 aromatic carbocycles. The Morgan fingerprint density at radius 2 is 2.12 bits per heavy atom. The van der Waals surface area contributed by atoms with Crippen LogP contribution < -0.4 is 5.32 Å². The highest BCUT2D eigenvalue weighted by Crippen LogP contribution is 2.43. The summed E-state index contributed by atoms with van der Waals surface area (Å²) in [6.07, 6.45) is -2.74. The summed E-state index contributed by atoms with van der Waals surface area (Å²) in [5, 5.41) is 4.72. The van der Waals surface area contributed by atoms with E-state index >= 15 is 0 Å². The van der Waals surface area contributed by atoms with E-state index in [1.165, 1.54) is 31.0 Å². The normalized spacial score (nSPS) is 16.5. The Morgan fingerprint density at radius 1 is 1.40 bits per heavy atom. The van der Waals surface area contributed by atoms with Crippen molar-refractivity contribution in [3.05, 3.63) is 50.7 Å². The molecule has 0 aliphatic carbocycles. The number of halogens is 3. The average Bonchev–Trinajstić information content (AvgIpc) is 2.88. The summed E-state index contributed by atoms with van der Waals surface area (Å²) < 4.78 is 43.4. The van der Waals surface area contributed by atoms with Crippen LogP contribution in [0.1, 0.15) is 11.1 Å². The monoisotopic (exact) mass is 389 g/mol. The second-order valence-electron chi connectivity index (χ2n) is 4.86. The molecule has 0 amide bonds. The van der Waals surface area contributed by atoms with E-state index in [0.29, 0.717) is 9.93 Å². The van der Waals surface area contributed by atoms with Gasteiger partial charge in [0.2, 0.25) is 5.78 Å². The van der Waals surface area contributed by atoms with E-state index in [2.05, 4.69) is 10.1 Å². The van der Waals surface area contributed by atoms with Crippen LogP contribution in [0.2, 0.25) is 0 Å². The minimum atomic E-state index is -4.51. The van der Waals surface area contributed by atoms with Crippen molar-refractivity contribution < 1.29 is 27.5 Å². The van der Waals surface area contributed by atoms with Crippen molar-refractivity contribution in [2.45, 2.75) is 6.18 Å². The first-order valence-electron chi connectivity index (χ1n) is 6.96. The summed E-state index contributed by atoms with van der Waals surface area (Å²) >= 11 is 2.39. The molecule has 0 radical (unpaired) electrons. The van der Waals surface area contributed by atoms with Crippen molar-refractivity contribution in [3.8, 4) is 0 Å². The van der Waals surface area contributed by atoms with Crippen LogP contribution in [0.25, 0.3) is 5.57 Å². The number of alkyl halides is 3. The van der Waals surface area contributed by atoms with Crippen molar-refractivity contribution in [2.75, 3.05) is 19.9 Å². The SMILES string of the molecule is COC(=O)CNC1=C(c2cccc(C(F)(F)F)c2)C(=O)C(=CSC)S1. The second-order valence-corrected chi connectivity index (χ2v) is 6.62. The minimum absolute atomic E-state index is 0.111. The van der Waals surface area contributed by atoms with E-state index in [1.54, 1.807) is 11.7 Å². The number of benzene rings is 1. The van der Waals surface area contributed by atoms with Gasteiger partial charge in [-0.15, -0.1) is 11.8 Å². The lowest BCUT2D eigenvalue weighted by Gasteiger charge is -2.11. The standard InChI is InChI=1S/C16H14F3NO3S2/c1-23-12(21)7-20-15-13(14(22)11(25-15)8-24-2)9-4-3-5-10(6-9)16(17,18)19/h3-6,8,20H,7H2,1-2H3. The molecule has 4 nitrogen and oxygen atoms in total. The molecule has 1 aliphatic heterocycles. The number of nitrogens with one attached hydrogen (secondary N) is 1. The van der Waals surface area contributed by atoms with Gasteiger partial charge in [0.25, 0.3) is 0 Å². The van der Waals surface area contributed by atoms with E-state index in [4.69, 9.17) is 0 Å². The molecule has 1 aliphatic rings. The van der Waals surface area contributed by atoms with Crippen LogP contribution >= 0.6 is 23.5 Å². The summed E-state index contributed by atoms with van der Waals surface area (Å²) in [6, 6.07) is 4.55. The van der Waals surface area contributed by atoms with Crippen LogP contribution in [-0.4, -0.2) is 31.7 Å². The van der Waals surface area contributed by atoms with Crippen LogP contribution in [0.4, 0.5) is 13.2 Å². The Morgan fingerprint density at radius 3 is 2.72 bits per heavy atom. The van der Waals surface area contributed by atoms with Gasteiger partial charge in [-0.25, -0.2) is 0 Å². The number of carbonyl (C=O) groups is 2. The maximum absolute atomic E-state index is 12.9. The number of methoxy groups -OCH3 is 1. The molecule has 0 spiro atoms. The molecule has 1 heterocycles. The van der Waals surface area contributed by atoms with Crippen LogP contribution in [0.15, 0.2) is 39.6 Å². The summed E-state index contributed by atoms with van der Waals surface area (Å²) in [5.74, 6) is -0.933. The first kappa shape index (κ1) is 19.5. The molecule has 0 unspecified atom stereocenters. The summed E-state index contributed by atoms with van der Waals surface area (Å²) in [5.41, 5.74) is -0.589. The van der Waals surface area contributed by atoms with E-state index in [-0.39, 0.29) is 23.5 Å². The number of esters is 1. The molecule has 0 saturated carbocycles. The van der Waals surface area contributed by atoms with Crippen LogP contribution in [0, 0.1) is 0 Å². The number of hydrogen-bond donors (Lipinski definition) is 1. The number of hydrogen-bond acceptors (Lipinski definition) is 6. The zero-order chi connectivity index (χ0) is 18.6. The van der Waals surface area contributed by atoms with E-state index in [1.807, 2.05) is 0 Å². The maximum atomic E-state index is 12.9. The Balaban J connectivity index is 2.45. The molecule has 0 saturated heterocycles. The number of carbonyl (C=O) groups excluding carboxylic acids is 2. The number of thioether (sulfide) groups is 2. The Labute approximate surface area is 150 Å². The number of rotatable bonds is 5. The highest BCUT2D eigenvalue weighted by atomic mass is 32.2. The lowest BCUT2D eigenvalue weighted by atomic mass is 10.00. The summed E-state index contributed by atoms with van der Waals surface area (Å²) in [4.78, 5) is 24.3. The van der Waals surface area contributed by atoms with E-state index in [0.717, 1.165) is 23.9 Å². The van der Waals surface area contributed by atoms with E-state index < -0.39 is 17.7 Å². The lowest BCUT2D eigenvalue weighted by Crippen LogP contribution is -2.22. The van der Waals surface area contributed by atoms with Crippen LogP contribution in [0.3, 0.4) is 0 Å². The predicted octanol–water partition coefficient (Wildman–Crippen LogP) is 3.66. The first-order chi connectivity index (χ1) is 11.8. The zero-order valence-corrected chi connectivity index (χ0v) is 14.9. The van der Waals surface area contributed by atoms with E-state index in [9.17, 15) is 22.8 Å². The van der Waals surface area contributed by atoms with Crippen molar-refractivity contribution in [1.82, 2.24) is 5.32 Å². The highest BCUT2D eigenvalue weighted by Gasteiger charge is 2.34. The number of allylic oxidation sites excluding steroid dienone is 2. The third kappa shape index (κ3) is 4.60. The van der Waals surface area contributed by atoms with Gasteiger partial charge in [-0.1, -0.05) is 23.9 Å².